The first-order valence-corrected chi connectivity index (χ1v) is 16.2. The number of aliphatic hydroxyl groups excluding tert-OH is 2. The van der Waals surface area contributed by atoms with E-state index in [0.717, 1.165) is 13.8 Å². The number of carbonyl (C=O) groups excluding carboxylic acids is 2. The van der Waals surface area contributed by atoms with Crippen molar-refractivity contribution >= 4 is 11.9 Å². The van der Waals surface area contributed by atoms with Crippen LogP contribution in [0.3, 0.4) is 0 Å². The van der Waals surface area contributed by atoms with Gasteiger partial charge in [-0.2, -0.15) is 110 Å². The van der Waals surface area contributed by atoms with E-state index in [-0.39, 0.29) is 0 Å². The Morgan fingerprint density at radius 3 is 0.954 bits per heavy atom. The van der Waals surface area contributed by atoms with E-state index in [1.807, 2.05) is 0 Å². The largest absolute Gasteiger partial charge is 0.460 e. The van der Waals surface area contributed by atoms with Gasteiger partial charge in [0.15, 0.2) is 0 Å². The zero-order chi connectivity index (χ0) is 52.0. The van der Waals surface area contributed by atoms with Gasteiger partial charge in [0, 0.05) is 27.8 Å². The Bertz CT molecular complexity index is 1770. The molecule has 0 saturated carbocycles. The summed E-state index contributed by atoms with van der Waals surface area (Å²) >= 11 is 0. The lowest BCUT2D eigenvalue weighted by Gasteiger charge is -2.42. The molecule has 0 aliphatic heterocycles. The lowest BCUT2D eigenvalue weighted by Crippen LogP contribution is -2.69. The molecule has 0 aromatic heterocycles. The molecule has 65 heavy (non-hydrogen) atoms. The third-order valence-electron chi connectivity index (χ3n) is 8.13. The average Bonchev–Trinajstić information content (AvgIpc) is 3.09. The number of benzene rings is 1. The Morgan fingerprint density at radius 2 is 0.708 bits per heavy atom. The van der Waals surface area contributed by atoms with Crippen LogP contribution in [0.15, 0.2) is 42.5 Å². The molecule has 0 spiro atoms. The van der Waals surface area contributed by atoms with Crippen molar-refractivity contribution in [1.82, 2.24) is 0 Å². The maximum atomic E-state index is 15.6. The van der Waals surface area contributed by atoms with Crippen LogP contribution in [0.2, 0.25) is 0 Å². The first kappa shape index (κ1) is 58.7. The van der Waals surface area contributed by atoms with Crippen molar-refractivity contribution in [2.24, 2.45) is 0 Å². The van der Waals surface area contributed by atoms with Crippen LogP contribution in [-0.4, -0.2) is 115 Å². The van der Waals surface area contributed by atoms with Gasteiger partial charge >= 0.3 is 72.4 Å². The van der Waals surface area contributed by atoms with Gasteiger partial charge in [-0.15, -0.1) is 0 Å². The maximum Gasteiger partial charge on any atom is 0.460 e. The summed E-state index contributed by atoms with van der Waals surface area (Å²) in [5, 5.41) is 19.7. The third-order valence-corrected chi connectivity index (χ3v) is 8.13. The van der Waals surface area contributed by atoms with Crippen LogP contribution in [0.5, 0.6) is 0 Å². The Labute approximate surface area is 344 Å². The van der Waals surface area contributed by atoms with Gasteiger partial charge in [0.25, 0.3) is 11.2 Å². The van der Waals surface area contributed by atoms with Crippen molar-refractivity contribution in [3.05, 3.63) is 59.2 Å². The van der Waals surface area contributed by atoms with Crippen LogP contribution < -0.4 is 0 Å². The molecular weight excluding hydrogens is 987 g/mol. The molecule has 0 amide bonds. The molecule has 0 aliphatic rings. The summed E-state index contributed by atoms with van der Waals surface area (Å²) in [6, 6.07) is -5.96. The van der Waals surface area contributed by atoms with Crippen LogP contribution in [0.25, 0.3) is 0 Å². The summed E-state index contributed by atoms with van der Waals surface area (Å²) in [5.41, 5.74) is -27.3. The molecule has 0 fully saturated rings. The van der Waals surface area contributed by atoms with Crippen molar-refractivity contribution in [2.45, 2.75) is 97.8 Å². The number of carbonyl (C=O) groups is 2. The highest BCUT2D eigenvalue weighted by Gasteiger charge is 2.91. The standard InChI is InChI=1S/C32H25F25O8/c1-12(2)19(60)62-8-17(58)10-64-21(28(43,44)45,29(46,47)48)14-5-15(22(30(49,50)51,31(52,53)54)65-11-18(59)9-63-20(61)13(3)4)7-16(6-14)23(33,34)24(35,36)25(37,38)26(39,40)27(41,42)32(55,56)57/h5-7,17-18,58-59H,1,3,8-11H2,2,4H3. The zero-order valence-corrected chi connectivity index (χ0v) is 31.4. The highest BCUT2D eigenvalue weighted by atomic mass is 19.4. The van der Waals surface area contributed by atoms with Crippen LogP contribution in [0.1, 0.15) is 30.5 Å². The fourth-order valence-electron chi connectivity index (χ4n) is 4.77. The van der Waals surface area contributed by atoms with Crippen molar-refractivity contribution in [3.63, 3.8) is 0 Å². The van der Waals surface area contributed by atoms with E-state index in [4.69, 9.17) is 0 Å². The van der Waals surface area contributed by atoms with E-state index in [0.29, 0.717) is 0 Å². The monoisotopic (exact) mass is 1010 g/mol. The zero-order valence-electron chi connectivity index (χ0n) is 31.4. The minimum Gasteiger partial charge on any atom is -0.460 e. The molecule has 0 aliphatic carbocycles. The number of alkyl halides is 25. The predicted molar refractivity (Wildman–Crippen MR) is 159 cm³/mol. The molecule has 0 bridgehead atoms. The summed E-state index contributed by atoms with van der Waals surface area (Å²) in [4.78, 5) is 23.0. The highest BCUT2D eigenvalue weighted by molar-refractivity contribution is 5.87. The molecule has 0 heterocycles. The number of esters is 2. The van der Waals surface area contributed by atoms with Gasteiger partial charge in [-0.3, -0.25) is 0 Å². The fourth-order valence-corrected chi connectivity index (χ4v) is 4.77. The molecule has 1 aromatic rings. The molecule has 1 rings (SSSR count). The van der Waals surface area contributed by atoms with E-state index < -0.39 is 168 Å². The maximum absolute atomic E-state index is 15.6. The lowest BCUT2D eigenvalue weighted by atomic mass is 9.81. The molecule has 0 radical (unpaired) electrons. The minimum atomic E-state index is -9.03. The summed E-state index contributed by atoms with van der Waals surface area (Å²) in [5.74, 6) is -46.8. The third kappa shape index (κ3) is 10.6. The minimum absolute atomic E-state index is 0.619. The normalized spacial score (nSPS) is 15.6. The molecule has 2 N–H and O–H groups in total. The van der Waals surface area contributed by atoms with Gasteiger partial charge in [0.05, 0.1) is 13.2 Å². The van der Waals surface area contributed by atoms with Crippen LogP contribution in [0, 0.1) is 0 Å². The Hall–Kier alpha value is -4.27. The molecular formula is C32H25F25O8. The van der Waals surface area contributed by atoms with Gasteiger partial charge in [-0.05, 0) is 32.0 Å². The lowest BCUT2D eigenvalue weighted by molar-refractivity contribution is -0.441. The number of hydrogen-bond donors (Lipinski definition) is 2. The first-order valence-electron chi connectivity index (χ1n) is 16.2. The van der Waals surface area contributed by atoms with Crippen molar-refractivity contribution in [1.29, 1.82) is 0 Å². The summed E-state index contributed by atoms with van der Waals surface area (Å²) in [6.07, 6.45) is -45.0. The summed E-state index contributed by atoms with van der Waals surface area (Å²) in [7, 11) is 0. The van der Waals surface area contributed by atoms with E-state index in [1.165, 1.54) is 0 Å². The smallest absolute Gasteiger partial charge is 0.460 e. The second-order valence-corrected chi connectivity index (χ2v) is 13.2. The number of aliphatic hydroxyl groups is 2. The fraction of sp³-hybridized carbons (Fsp3) is 0.625. The highest BCUT2D eigenvalue weighted by Crippen LogP contribution is 2.64. The quantitative estimate of drug-likeness (QED) is 0.0802. The molecule has 33 heteroatoms. The topological polar surface area (TPSA) is 112 Å². The average molecular weight is 1010 g/mol. The number of halogens is 25. The van der Waals surface area contributed by atoms with Gasteiger partial charge in [0.1, 0.15) is 25.4 Å². The number of rotatable bonds is 19. The van der Waals surface area contributed by atoms with Gasteiger partial charge in [0.2, 0.25) is 0 Å². The van der Waals surface area contributed by atoms with Crippen molar-refractivity contribution in [2.75, 3.05) is 26.4 Å². The Balaban J connectivity index is 4.78. The second-order valence-electron chi connectivity index (χ2n) is 13.2. The van der Waals surface area contributed by atoms with E-state index in [2.05, 4.69) is 32.1 Å². The summed E-state index contributed by atoms with van der Waals surface area (Å²) < 4.78 is 375. The summed E-state index contributed by atoms with van der Waals surface area (Å²) in [6.45, 7) is -1.50. The van der Waals surface area contributed by atoms with Crippen molar-refractivity contribution in [3.8, 4) is 0 Å². The van der Waals surface area contributed by atoms with Gasteiger partial charge in [-0.1, -0.05) is 13.2 Å². The first-order chi connectivity index (χ1) is 28.5. The molecule has 376 valence electrons. The Morgan fingerprint density at radius 1 is 0.446 bits per heavy atom. The van der Waals surface area contributed by atoms with Crippen molar-refractivity contribution < 1.29 is 149 Å². The number of ether oxygens (including phenoxy) is 4. The van der Waals surface area contributed by atoms with Crippen LogP contribution in [-0.2, 0) is 45.7 Å². The Kier molecular flexibility index (Phi) is 16.7. The predicted octanol–water partition coefficient (Wildman–Crippen LogP) is 9.52. The molecule has 2 unspecified atom stereocenters. The SMILES string of the molecule is C=C(C)C(=O)OCC(O)COC(c1cc(C(F)(F)C(F)(F)C(F)(F)C(F)(F)C(F)(F)C(F)(F)F)cc(C(OCC(O)COC(=O)C(=C)C)(C(F)(F)F)C(F)(F)F)c1)(C(F)(F)F)C(F)(F)F. The van der Waals surface area contributed by atoms with Gasteiger partial charge in [-0.25, -0.2) is 9.59 Å². The molecule has 0 saturated heterocycles. The molecule has 8 nitrogen and oxygen atoms in total. The van der Waals surface area contributed by atoms with E-state index in [1.54, 1.807) is 0 Å². The van der Waals surface area contributed by atoms with E-state index >= 15 is 8.78 Å². The number of hydrogen-bond acceptors (Lipinski definition) is 8. The second kappa shape index (κ2) is 18.4. The molecule has 2 atom stereocenters. The van der Waals surface area contributed by atoms with Crippen LogP contribution >= 0.6 is 0 Å². The molecule has 1 aromatic carbocycles. The van der Waals surface area contributed by atoms with Gasteiger partial charge < -0.3 is 29.2 Å². The van der Waals surface area contributed by atoms with E-state index in [9.17, 15) is 121 Å². The van der Waals surface area contributed by atoms with Crippen LogP contribution in [0.4, 0.5) is 110 Å².